The molecule has 1 heterocycles. The summed E-state index contributed by atoms with van der Waals surface area (Å²) in [7, 11) is 0. The van der Waals surface area contributed by atoms with Gasteiger partial charge in [-0.2, -0.15) is 5.48 Å². The Bertz CT molecular complexity index is 175. The van der Waals surface area contributed by atoms with Crippen LogP contribution in [0.25, 0.3) is 0 Å². The van der Waals surface area contributed by atoms with Crippen molar-refractivity contribution >= 4 is 0 Å². The van der Waals surface area contributed by atoms with Crippen LogP contribution in [0.5, 0.6) is 0 Å². The summed E-state index contributed by atoms with van der Waals surface area (Å²) in [5.74, 6) is 1.53. The zero-order valence-electron chi connectivity index (χ0n) is 9.46. The van der Waals surface area contributed by atoms with Crippen molar-refractivity contribution in [2.24, 2.45) is 11.8 Å². The first kappa shape index (κ1) is 10.4. The molecule has 2 fully saturated rings. The fourth-order valence-corrected chi connectivity index (χ4v) is 2.72. The van der Waals surface area contributed by atoms with Gasteiger partial charge in [-0.1, -0.05) is 33.1 Å². The van der Waals surface area contributed by atoms with Crippen molar-refractivity contribution < 1.29 is 4.84 Å². The van der Waals surface area contributed by atoms with Gasteiger partial charge in [0.1, 0.15) is 0 Å². The molecule has 0 aromatic carbocycles. The fraction of sp³-hybridized carbons (Fsp3) is 1.00. The van der Waals surface area contributed by atoms with Crippen LogP contribution in [0.15, 0.2) is 0 Å². The van der Waals surface area contributed by atoms with Crippen molar-refractivity contribution in [3.8, 4) is 0 Å². The molecular formula is C12H23NO. The summed E-state index contributed by atoms with van der Waals surface area (Å²) in [6, 6.07) is 0.585. The smallest absolute Gasteiger partial charge is 0.0834 e. The summed E-state index contributed by atoms with van der Waals surface area (Å²) in [4.78, 5) is 5.72. The standard InChI is InChI=1S/C12H23NO/c1-9(2)11-8-12(14-13-11)10-6-4-3-5-7-10/h9-13H,3-8H2,1-2H3. The monoisotopic (exact) mass is 197 g/mol. The summed E-state index contributed by atoms with van der Waals surface area (Å²) in [6.45, 7) is 4.54. The van der Waals surface area contributed by atoms with E-state index in [0.717, 1.165) is 5.92 Å². The molecule has 2 atom stereocenters. The molecule has 2 unspecified atom stereocenters. The first-order valence-electron chi connectivity index (χ1n) is 6.18. The zero-order valence-corrected chi connectivity index (χ0v) is 9.46. The Morgan fingerprint density at radius 3 is 2.43 bits per heavy atom. The highest BCUT2D eigenvalue weighted by Crippen LogP contribution is 2.32. The molecule has 82 valence electrons. The first-order valence-corrected chi connectivity index (χ1v) is 6.18. The molecule has 2 aliphatic rings. The lowest BCUT2D eigenvalue weighted by molar-refractivity contribution is -0.0166. The normalized spacial score (nSPS) is 35.4. The van der Waals surface area contributed by atoms with E-state index in [1.807, 2.05) is 0 Å². The third-order valence-corrected chi connectivity index (χ3v) is 3.84. The molecule has 1 aliphatic heterocycles. The van der Waals surface area contributed by atoms with E-state index in [1.165, 1.54) is 38.5 Å². The maximum atomic E-state index is 5.72. The van der Waals surface area contributed by atoms with Crippen molar-refractivity contribution in [1.82, 2.24) is 5.48 Å². The van der Waals surface area contributed by atoms with Crippen molar-refractivity contribution in [1.29, 1.82) is 0 Å². The molecule has 0 aromatic rings. The molecule has 0 amide bonds. The minimum absolute atomic E-state index is 0.502. The highest BCUT2D eigenvalue weighted by molar-refractivity contribution is 4.83. The molecule has 1 aliphatic carbocycles. The lowest BCUT2D eigenvalue weighted by Gasteiger charge is -2.25. The van der Waals surface area contributed by atoms with Crippen LogP contribution < -0.4 is 5.48 Å². The predicted molar refractivity (Wildman–Crippen MR) is 57.8 cm³/mol. The van der Waals surface area contributed by atoms with Crippen molar-refractivity contribution in [2.45, 2.75) is 64.5 Å². The Morgan fingerprint density at radius 2 is 1.86 bits per heavy atom. The van der Waals surface area contributed by atoms with E-state index in [-0.39, 0.29) is 0 Å². The lowest BCUT2D eigenvalue weighted by atomic mass is 9.82. The van der Waals surface area contributed by atoms with E-state index in [2.05, 4.69) is 19.3 Å². The van der Waals surface area contributed by atoms with Gasteiger partial charge in [-0.15, -0.1) is 0 Å². The number of hydroxylamine groups is 1. The molecule has 1 N–H and O–H groups in total. The molecule has 0 aromatic heterocycles. The van der Waals surface area contributed by atoms with Gasteiger partial charge in [0.05, 0.1) is 6.10 Å². The fourth-order valence-electron chi connectivity index (χ4n) is 2.72. The summed E-state index contributed by atoms with van der Waals surface area (Å²) in [5.41, 5.74) is 3.20. The van der Waals surface area contributed by atoms with Crippen LogP contribution in [-0.2, 0) is 4.84 Å². The first-order chi connectivity index (χ1) is 6.77. The Morgan fingerprint density at radius 1 is 1.14 bits per heavy atom. The molecule has 2 nitrogen and oxygen atoms in total. The van der Waals surface area contributed by atoms with Gasteiger partial charge < -0.3 is 0 Å². The Kier molecular flexibility index (Phi) is 3.45. The molecule has 1 saturated heterocycles. The van der Waals surface area contributed by atoms with Crippen molar-refractivity contribution in [2.75, 3.05) is 0 Å². The van der Waals surface area contributed by atoms with Crippen LogP contribution in [0.2, 0.25) is 0 Å². The Hall–Kier alpha value is -0.0800. The van der Waals surface area contributed by atoms with Gasteiger partial charge >= 0.3 is 0 Å². The number of rotatable bonds is 2. The van der Waals surface area contributed by atoms with Crippen molar-refractivity contribution in [3.63, 3.8) is 0 Å². The Labute approximate surface area is 87.4 Å². The summed E-state index contributed by atoms with van der Waals surface area (Å²) >= 11 is 0. The third kappa shape index (κ3) is 2.29. The summed E-state index contributed by atoms with van der Waals surface area (Å²) in [5, 5.41) is 0. The molecule has 0 radical (unpaired) electrons. The van der Waals surface area contributed by atoms with Crippen LogP contribution in [0.1, 0.15) is 52.4 Å². The van der Waals surface area contributed by atoms with Gasteiger partial charge in [-0.05, 0) is 31.1 Å². The van der Waals surface area contributed by atoms with E-state index >= 15 is 0 Å². The second-order valence-electron chi connectivity index (χ2n) is 5.26. The molecule has 1 saturated carbocycles. The topological polar surface area (TPSA) is 21.3 Å². The van der Waals surface area contributed by atoms with Crippen LogP contribution >= 0.6 is 0 Å². The van der Waals surface area contributed by atoms with Crippen LogP contribution in [0.4, 0.5) is 0 Å². The average molecular weight is 197 g/mol. The number of hydrogen-bond acceptors (Lipinski definition) is 2. The van der Waals surface area contributed by atoms with Gasteiger partial charge in [-0.3, -0.25) is 4.84 Å². The maximum absolute atomic E-state index is 5.72. The highest BCUT2D eigenvalue weighted by Gasteiger charge is 2.33. The van der Waals surface area contributed by atoms with Crippen LogP contribution in [0.3, 0.4) is 0 Å². The molecule has 2 heteroatoms. The minimum atomic E-state index is 0.502. The zero-order chi connectivity index (χ0) is 9.97. The van der Waals surface area contributed by atoms with E-state index in [9.17, 15) is 0 Å². The molecule has 2 rings (SSSR count). The van der Waals surface area contributed by atoms with Gasteiger partial charge in [0.2, 0.25) is 0 Å². The van der Waals surface area contributed by atoms with Crippen molar-refractivity contribution in [3.05, 3.63) is 0 Å². The van der Waals surface area contributed by atoms with E-state index < -0.39 is 0 Å². The summed E-state index contributed by atoms with van der Waals surface area (Å²) in [6.07, 6.45) is 8.76. The van der Waals surface area contributed by atoms with E-state index in [0.29, 0.717) is 18.1 Å². The lowest BCUT2D eigenvalue weighted by Crippen LogP contribution is -2.25. The SMILES string of the molecule is CC(C)C1CC(C2CCCCC2)ON1. The largest absolute Gasteiger partial charge is 0.298 e. The van der Waals surface area contributed by atoms with Gasteiger partial charge in [0.15, 0.2) is 0 Å². The van der Waals surface area contributed by atoms with Crippen LogP contribution in [-0.4, -0.2) is 12.1 Å². The second kappa shape index (κ2) is 4.63. The maximum Gasteiger partial charge on any atom is 0.0834 e. The molecule has 14 heavy (non-hydrogen) atoms. The summed E-state index contributed by atoms with van der Waals surface area (Å²) < 4.78 is 0. The molecule has 0 bridgehead atoms. The quantitative estimate of drug-likeness (QED) is 0.735. The number of hydrogen-bond donors (Lipinski definition) is 1. The minimum Gasteiger partial charge on any atom is -0.298 e. The Balaban J connectivity index is 1.82. The van der Waals surface area contributed by atoms with Gasteiger partial charge in [0.25, 0.3) is 0 Å². The van der Waals surface area contributed by atoms with Gasteiger partial charge in [0, 0.05) is 6.04 Å². The van der Waals surface area contributed by atoms with Gasteiger partial charge in [-0.25, -0.2) is 0 Å². The van der Waals surface area contributed by atoms with E-state index in [1.54, 1.807) is 0 Å². The molecular weight excluding hydrogens is 174 g/mol. The van der Waals surface area contributed by atoms with Crippen LogP contribution in [0, 0.1) is 11.8 Å². The molecule has 0 spiro atoms. The van der Waals surface area contributed by atoms with E-state index in [4.69, 9.17) is 4.84 Å². The second-order valence-corrected chi connectivity index (χ2v) is 5.26. The number of nitrogens with one attached hydrogen (secondary N) is 1. The predicted octanol–water partition coefficient (Wildman–Crippen LogP) is 2.88. The highest BCUT2D eigenvalue weighted by atomic mass is 16.7. The average Bonchev–Trinajstić information content (AvgIpc) is 2.68. The third-order valence-electron chi connectivity index (χ3n) is 3.84.